The monoisotopic (exact) mass is 442 g/mol. The molecule has 0 atom stereocenters. The first-order chi connectivity index (χ1) is 16.2. The van der Waals surface area contributed by atoms with Gasteiger partial charge in [-0.3, -0.25) is 14.9 Å². The molecule has 8 heteroatoms. The van der Waals surface area contributed by atoms with Crippen molar-refractivity contribution in [1.82, 2.24) is 20.2 Å². The van der Waals surface area contributed by atoms with Crippen LogP contribution >= 0.6 is 0 Å². The number of rotatable bonds is 6. The summed E-state index contributed by atoms with van der Waals surface area (Å²) in [5, 5.41) is 7.41. The highest BCUT2D eigenvalue weighted by Gasteiger charge is 2.35. The highest BCUT2D eigenvalue weighted by atomic mass is 16.7. The Hall–Kier alpha value is -4.04. The molecule has 2 aromatic carbocycles. The van der Waals surface area contributed by atoms with E-state index < -0.39 is 11.8 Å². The van der Waals surface area contributed by atoms with E-state index in [1.165, 1.54) is 0 Å². The summed E-state index contributed by atoms with van der Waals surface area (Å²) in [6, 6.07) is 11.6. The minimum absolute atomic E-state index is 0.166. The number of carbonyl (C=O) groups is 2. The number of amides is 2. The fourth-order valence-electron chi connectivity index (χ4n) is 4.74. The number of benzene rings is 2. The Labute approximate surface area is 189 Å². The SMILES string of the molecule is CNCCCn1cc(C2=C(c3c[nH]c4ccccc34)C(=O)NC2=O)c2cc3c(cc21)OCO3. The number of nitrogens with zero attached hydrogens (tertiary/aromatic N) is 1. The first-order valence-corrected chi connectivity index (χ1v) is 10.9. The number of carbonyl (C=O) groups excluding carboxylic acids is 2. The minimum atomic E-state index is -0.396. The molecule has 2 aliphatic heterocycles. The molecule has 33 heavy (non-hydrogen) atoms. The Morgan fingerprint density at radius 2 is 1.76 bits per heavy atom. The van der Waals surface area contributed by atoms with Gasteiger partial charge in [-0.05, 0) is 32.1 Å². The molecular formula is C25H22N4O4. The predicted molar refractivity (Wildman–Crippen MR) is 125 cm³/mol. The van der Waals surface area contributed by atoms with E-state index in [2.05, 4.69) is 20.2 Å². The lowest BCUT2D eigenvalue weighted by molar-refractivity contribution is -0.122. The molecule has 0 bridgehead atoms. The summed E-state index contributed by atoms with van der Waals surface area (Å²) in [6.45, 7) is 1.78. The molecule has 0 radical (unpaired) electrons. The van der Waals surface area contributed by atoms with Crippen molar-refractivity contribution in [1.29, 1.82) is 0 Å². The molecule has 166 valence electrons. The minimum Gasteiger partial charge on any atom is -0.454 e. The van der Waals surface area contributed by atoms with Gasteiger partial charge in [-0.15, -0.1) is 0 Å². The Kier molecular flexibility index (Phi) is 4.48. The van der Waals surface area contributed by atoms with Crippen LogP contribution in [0.2, 0.25) is 0 Å². The number of fused-ring (bicyclic) bond motifs is 3. The number of imide groups is 1. The van der Waals surface area contributed by atoms with Crippen LogP contribution in [0.4, 0.5) is 0 Å². The molecule has 0 saturated carbocycles. The van der Waals surface area contributed by atoms with Crippen molar-refractivity contribution in [2.24, 2.45) is 0 Å². The normalized spacial score (nSPS) is 15.3. The van der Waals surface area contributed by atoms with E-state index in [1.807, 2.05) is 49.6 Å². The summed E-state index contributed by atoms with van der Waals surface area (Å²) in [7, 11) is 1.92. The number of aromatic nitrogens is 2. The van der Waals surface area contributed by atoms with Gasteiger partial charge in [-0.25, -0.2) is 0 Å². The number of nitrogens with one attached hydrogen (secondary N) is 3. The lowest BCUT2D eigenvalue weighted by Crippen LogP contribution is -2.22. The van der Waals surface area contributed by atoms with Gasteiger partial charge in [0.15, 0.2) is 11.5 Å². The van der Waals surface area contributed by atoms with Gasteiger partial charge in [0.1, 0.15) is 0 Å². The van der Waals surface area contributed by atoms with Crippen molar-refractivity contribution in [2.45, 2.75) is 13.0 Å². The van der Waals surface area contributed by atoms with Gasteiger partial charge < -0.3 is 24.3 Å². The number of aromatic amines is 1. The van der Waals surface area contributed by atoms with Crippen molar-refractivity contribution < 1.29 is 19.1 Å². The third-order valence-electron chi connectivity index (χ3n) is 6.26. The van der Waals surface area contributed by atoms with Gasteiger partial charge in [-0.1, -0.05) is 18.2 Å². The lowest BCUT2D eigenvalue weighted by Gasteiger charge is -2.05. The van der Waals surface area contributed by atoms with Crippen molar-refractivity contribution in [3.8, 4) is 11.5 Å². The standard InChI is InChI=1S/C25H22N4O4/c1-26-7-4-8-29-12-17(15-9-20-21(10-19(15)29)33-13-32-20)23-22(24(30)28-25(23)31)16-11-27-18-6-3-2-5-14(16)18/h2-3,5-6,9-12,26-27H,4,7-8,13H2,1H3,(H,28,30,31). The van der Waals surface area contributed by atoms with E-state index in [4.69, 9.17) is 9.47 Å². The predicted octanol–water partition coefficient (Wildman–Crippen LogP) is 3.03. The van der Waals surface area contributed by atoms with Crippen molar-refractivity contribution in [3.05, 3.63) is 59.9 Å². The van der Waals surface area contributed by atoms with Gasteiger partial charge >= 0.3 is 0 Å². The molecule has 4 heterocycles. The van der Waals surface area contributed by atoms with Crippen LogP contribution in [-0.2, 0) is 16.1 Å². The van der Waals surface area contributed by atoms with E-state index in [-0.39, 0.29) is 6.79 Å². The second kappa shape index (κ2) is 7.53. The van der Waals surface area contributed by atoms with Crippen LogP contribution in [0.1, 0.15) is 17.5 Å². The molecule has 6 rings (SSSR count). The molecule has 2 aliphatic rings. The Morgan fingerprint density at radius 3 is 2.58 bits per heavy atom. The third kappa shape index (κ3) is 3.02. The summed E-state index contributed by atoms with van der Waals surface area (Å²) in [4.78, 5) is 29.3. The van der Waals surface area contributed by atoms with Gasteiger partial charge in [0.25, 0.3) is 11.8 Å². The quantitative estimate of drug-likeness (QED) is 0.315. The maximum atomic E-state index is 13.1. The zero-order valence-corrected chi connectivity index (χ0v) is 18.0. The topological polar surface area (TPSA) is 97.4 Å². The molecule has 0 unspecified atom stereocenters. The average molecular weight is 442 g/mol. The van der Waals surface area contributed by atoms with E-state index in [0.29, 0.717) is 33.8 Å². The van der Waals surface area contributed by atoms with Crippen LogP contribution in [0.5, 0.6) is 11.5 Å². The van der Waals surface area contributed by atoms with Gasteiger partial charge in [0.2, 0.25) is 6.79 Å². The second-order valence-corrected chi connectivity index (χ2v) is 8.20. The highest BCUT2D eigenvalue weighted by molar-refractivity contribution is 6.50. The van der Waals surface area contributed by atoms with Crippen molar-refractivity contribution in [3.63, 3.8) is 0 Å². The number of hydrogen-bond acceptors (Lipinski definition) is 5. The summed E-state index contributed by atoms with van der Waals surface area (Å²) >= 11 is 0. The molecule has 0 fully saturated rings. The summed E-state index contributed by atoms with van der Waals surface area (Å²) in [5.74, 6) is 0.527. The average Bonchev–Trinajstić information content (AvgIpc) is 3.57. The van der Waals surface area contributed by atoms with Gasteiger partial charge in [0.05, 0.1) is 16.7 Å². The number of para-hydroxylation sites is 1. The maximum absolute atomic E-state index is 13.1. The maximum Gasteiger partial charge on any atom is 0.259 e. The molecule has 2 aromatic heterocycles. The van der Waals surface area contributed by atoms with Crippen LogP contribution in [0.3, 0.4) is 0 Å². The lowest BCUT2D eigenvalue weighted by atomic mass is 9.95. The molecule has 0 aliphatic carbocycles. The fourth-order valence-corrected chi connectivity index (χ4v) is 4.74. The highest BCUT2D eigenvalue weighted by Crippen LogP contribution is 2.42. The summed E-state index contributed by atoms with van der Waals surface area (Å²) in [5.41, 5.74) is 4.01. The van der Waals surface area contributed by atoms with E-state index in [1.54, 1.807) is 6.20 Å². The van der Waals surface area contributed by atoms with Crippen LogP contribution in [-0.4, -0.2) is 41.8 Å². The first kappa shape index (κ1) is 19.6. The van der Waals surface area contributed by atoms with E-state index in [9.17, 15) is 9.59 Å². The van der Waals surface area contributed by atoms with Crippen LogP contribution in [0.25, 0.3) is 33.0 Å². The second-order valence-electron chi connectivity index (χ2n) is 8.20. The largest absolute Gasteiger partial charge is 0.454 e. The van der Waals surface area contributed by atoms with Crippen LogP contribution < -0.4 is 20.1 Å². The van der Waals surface area contributed by atoms with Gasteiger partial charge in [-0.2, -0.15) is 0 Å². The van der Waals surface area contributed by atoms with Crippen molar-refractivity contribution >= 4 is 44.8 Å². The third-order valence-corrected chi connectivity index (χ3v) is 6.26. The van der Waals surface area contributed by atoms with Gasteiger partial charge in [0, 0.05) is 52.4 Å². The van der Waals surface area contributed by atoms with Crippen LogP contribution in [0, 0.1) is 0 Å². The number of hydrogen-bond donors (Lipinski definition) is 3. The smallest absolute Gasteiger partial charge is 0.259 e. The summed E-state index contributed by atoms with van der Waals surface area (Å²) in [6.07, 6.45) is 4.66. The zero-order valence-electron chi connectivity index (χ0n) is 18.0. The van der Waals surface area contributed by atoms with E-state index in [0.717, 1.165) is 41.3 Å². The molecule has 2 amide bonds. The molecular weight excluding hydrogens is 420 g/mol. The number of ether oxygens (including phenoxy) is 2. The molecule has 0 spiro atoms. The zero-order chi connectivity index (χ0) is 22.5. The molecule has 8 nitrogen and oxygen atoms in total. The number of aryl methyl sites for hydroxylation is 1. The Bertz CT molecular complexity index is 1480. The molecule has 3 N–H and O–H groups in total. The number of H-pyrrole nitrogens is 1. The Morgan fingerprint density at radius 1 is 1.00 bits per heavy atom. The first-order valence-electron chi connectivity index (χ1n) is 10.9. The molecule has 4 aromatic rings. The fraction of sp³-hybridized carbons (Fsp3) is 0.200. The molecule has 0 saturated heterocycles. The van der Waals surface area contributed by atoms with Crippen molar-refractivity contribution in [2.75, 3.05) is 20.4 Å². The van der Waals surface area contributed by atoms with Crippen LogP contribution in [0.15, 0.2) is 48.8 Å². The summed E-state index contributed by atoms with van der Waals surface area (Å²) < 4.78 is 13.3. The van der Waals surface area contributed by atoms with E-state index >= 15 is 0 Å². The Balaban J connectivity index is 1.60.